The molecule has 1 aromatic carbocycles. The zero-order valence-electron chi connectivity index (χ0n) is 11.1. The normalized spacial score (nSPS) is 19.2. The molecular formula is C15H17BrFN3. The summed E-state index contributed by atoms with van der Waals surface area (Å²) in [6.45, 7) is 1.09. The number of aromatic amines is 1. The molecule has 2 heterocycles. The van der Waals surface area contributed by atoms with Gasteiger partial charge in [-0.05, 0) is 59.6 Å². The lowest BCUT2D eigenvalue weighted by atomic mass is 10.0. The summed E-state index contributed by atoms with van der Waals surface area (Å²) in [5.41, 5.74) is 1.76. The summed E-state index contributed by atoms with van der Waals surface area (Å²) in [5.74, 6) is 0.739. The Morgan fingerprint density at radius 1 is 1.25 bits per heavy atom. The maximum atomic E-state index is 13.0. The molecule has 106 valence electrons. The third-order valence-corrected chi connectivity index (χ3v) is 4.25. The predicted molar refractivity (Wildman–Crippen MR) is 81.0 cm³/mol. The van der Waals surface area contributed by atoms with Gasteiger partial charge in [0.25, 0.3) is 0 Å². The summed E-state index contributed by atoms with van der Waals surface area (Å²) >= 11 is 3.50. The van der Waals surface area contributed by atoms with Crippen LogP contribution in [0.4, 0.5) is 4.39 Å². The fourth-order valence-electron chi connectivity index (χ4n) is 2.63. The van der Waals surface area contributed by atoms with Crippen molar-refractivity contribution < 1.29 is 4.39 Å². The van der Waals surface area contributed by atoms with Crippen molar-refractivity contribution in [1.29, 1.82) is 0 Å². The molecule has 1 aliphatic heterocycles. The van der Waals surface area contributed by atoms with Crippen LogP contribution in [0.1, 0.15) is 25.1 Å². The van der Waals surface area contributed by atoms with E-state index < -0.39 is 0 Å². The smallest absolute Gasteiger partial charge is 0.123 e. The predicted octanol–water partition coefficient (Wildman–Crippen LogP) is 3.66. The highest BCUT2D eigenvalue weighted by Gasteiger charge is 2.17. The summed E-state index contributed by atoms with van der Waals surface area (Å²) in [6, 6.07) is 6.91. The largest absolute Gasteiger partial charge is 0.336 e. The highest BCUT2D eigenvalue weighted by atomic mass is 79.9. The first-order valence-corrected chi connectivity index (χ1v) is 7.75. The van der Waals surface area contributed by atoms with E-state index in [9.17, 15) is 4.39 Å². The average molecular weight is 338 g/mol. The molecule has 3 rings (SSSR count). The summed E-state index contributed by atoms with van der Waals surface area (Å²) in [4.78, 5) is 7.92. The first kappa shape index (κ1) is 13.8. The first-order valence-electron chi connectivity index (χ1n) is 6.96. The molecule has 20 heavy (non-hydrogen) atoms. The van der Waals surface area contributed by atoms with E-state index in [-0.39, 0.29) is 5.82 Å². The summed E-state index contributed by atoms with van der Waals surface area (Å²) < 4.78 is 13.8. The van der Waals surface area contributed by atoms with Crippen LogP contribution in [0, 0.1) is 5.82 Å². The number of aromatic nitrogens is 2. The van der Waals surface area contributed by atoms with E-state index in [2.05, 4.69) is 31.2 Å². The molecule has 0 radical (unpaired) electrons. The third-order valence-electron chi connectivity index (χ3n) is 3.68. The van der Waals surface area contributed by atoms with Gasteiger partial charge >= 0.3 is 0 Å². The fraction of sp³-hybridized carbons (Fsp3) is 0.400. The van der Waals surface area contributed by atoms with Gasteiger partial charge < -0.3 is 10.3 Å². The Hall–Kier alpha value is -1.20. The standard InChI is InChI=1S/C15H17BrFN3/c16-15-14(10-4-6-11(17)7-5-10)19-13(20-15)9-12-3-1-2-8-18-12/h4-7,12,18H,1-3,8-9H2,(H,19,20)/t12-/m0/s1. The van der Waals surface area contributed by atoms with Crippen molar-refractivity contribution >= 4 is 15.9 Å². The molecule has 0 aliphatic carbocycles. The van der Waals surface area contributed by atoms with E-state index >= 15 is 0 Å². The van der Waals surface area contributed by atoms with Crippen LogP contribution in [0.2, 0.25) is 0 Å². The van der Waals surface area contributed by atoms with Crippen molar-refractivity contribution in [1.82, 2.24) is 15.3 Å². The minimum atomic E-state index is -0.230. The molecule has 0 unspecified atom stereocenters. The van der Waals surface area contributed by atoms with E-state index in [4.69, 9.17) is 0 Å². The van der Waals surface area contributed by atoms with Crippen molar-refractivity contribution in [3.63, 3.8) is 0 Å². The Labute approximate surface area is 126 Å². The lowest BCUT2D eigenvalue weighted by molar-refractivity contribution is 0.395. The Bertz CT molecular complexity index is 573. The lowest BCUT2D eigenvalue weighted by Gasteiger charge is -2.22. The maximum Gasteiger partial charge on any atom is 0.123 e. The summed E-state index contributed by atoms with van der Waals surface area (Å²) in [7, 11) is 0. The van der Waals surface area contributed by atoms with Crippen LogP contribution in [-0.4, -0.2) is 22.6 Å². The van der Waals surface area contributed by atoms with Gasteiger partial charge in [-0.2, -0.15) is 0 Å². The molecule has 0 bridgehead atoms. The van der Waals surface area contributed by atoms with E-state index in [1.54, 1.807) is 12.1 Å². The molecule has 0 saturated carbocycles. The highest BCUT2D eigenvalue weighted by molar-refractivity contribution is 9.10. The number of rotatable bonds is 3. The van der Waals surface area contributed by atoms with Gasteiger partial charge in [-0.1, -0.05) is 6.42 Å². The second-order valence-corrected chi connectivity index (χ2v) is 6.00. The van der Waals surface area contributed by atoms with Gasteiger partial charge in [0.15, 0.2) is 0 Å². The maximum absolute atomic E-state index is 13.0. The average Bonchev–Trinajstić information content (AvgIpc) is 2.81. The molecule has 2 aromatic rings. The van der Waals surface area contributed by atoms with Crippen LogP contribution in [0.15, 0.2) is 28.9 Å². The van der Waals surface area contributed by atoms with Gasteiger partial charge in [0.2, 0.25) is 0 Å². The Balaban J connectivity index is 1.78. The van der Waals surface area contributed by atoms with Crippen molar-refractivity contribution in [2.75, 3.05) is 6.54 Å². The van der Waals surface area contributed by atoms with Crippen LogP contribution in [0.25, 0.3) is 11.3 Å². The van der Waals surface area contributed by atoms with Gasteiger partial charge in [0.05, 0.1) is 0 Å². The number of imidazole rings is 1. The van der Waals surface area contributed by atoms with E-state index in [0.717, 1.165) is 34.7 Å². The number of nitrogens with zero attached hydrogens (tertiary/aromatic N) is 1. The van der Waals surface area contributed by atoms with Gasteiger partial charge in [-0.25, -0.2) is 9.37 Å². The minimum Gasteiger partial charge on any atom is -0.336 e. The van der Waals surface area contributed by atoms with Crippen molar-refractivity contribution in [3.8, 4) is 11.3 Å². The quantitative estimate of drug-likeness (QED) is 0.897. The molecule has 0 amide bonds. The topological polar surface area (TPSA) is 40.7 Å². The summed E-state index contributed by atoms with van der Waals surface area (Å²) in [5, 5.41) is 3.52. The van der Waals surface area contributed by atoms with Gasteiger partial charge in [0.1, 0.15) is 21.9 Å². The minimum absolute atomic E-state index is 0.230. The van der Waals surface area contributed by atoms with Crippen molar-refractivity contribution in [3.05, 3.63) is 40.5 Å². The second kappa shape index (κ2) is 6.06. The van der Waals surface area contributed by atoms with Crippen LogP contribution in [0.5, 0.6) is 0 Å². The Morgan fingerprint density at radius 3 is 2.75 bits per heavy atom. The zero-order valence-corrected chi connectivity index (χ0v) is 12.7. The number of hydrogen-bond donors (Lipinski definition) is 2. The molecule has 1 aliphatic rings. The van der Waals surface area contributed by atoms with Crippen LogP contribution in [0.3, 0.4) is 0 Å². The van der Waals surface area contributed by atoms with Crippen LogP contribution < -0.4 is 5.32 Å². The molecule has 1 saturated heterocycles. The van der Waals surface area contributed by atoms with Gasteiger partial charge in [0, 0.05) is 18.0 Å². The molecule has 1 atom stereocenters. The van der Waals surface area contributed by atoms with Crippen molar-refractivity contribution in [2.24, 2.45) is 0 Å². The van der Waals surface area contributed by atoms with Crippen molar-refractivity contribution in [2.45, 2.75) is 31.7 Å². The second-order valence-electron chi connectivity index (χ2n) is 5.20. The fourth-order valence-corrected chi connectivity index (χ4v) is 3.17. The number of benzene rings is 1. The molecule has 2 N–H and O–H groups in total. The van der Waals surface area contributed by atoms with Crippen LogP contribution >= 0.6 is 15.9 Å². The molecule has 0 spiro atoms. The molecular weight excluding hydrogens is 321 g/mol. The monoisotopic (exact) mass is 337 g/mol. The van der Waals surface area contributed by atoms with E-state index in [1.807, 2.05) is 0 Å². The number of hydrogen-bond acceptors (Lipinski definition) is 2. The first-order chi connectivity index (χ1) is 9.72. The number of nitrogens with one attached hydrogen (secondary N) is 2. The SMILES string of the molecule is Fc1ccc(-c2nc(C[C@@H]3CCCCN3)[nH]c2Br)cc1. The molecule has 1 aromatic heterocycles. The molecule has 1 fully saturated rings. The number of piperidine rings is 1. The highest BCUT2D eigenvalue weighted by Crippen LogP contribution is 2.26. The lowest BCUT2D eigenvalue weighted by Crippen LogP contribution is -2.35. The number of halogens is 2. The zero-order chi connectivity index (χ0) is 13.9. The molecule has 5 heteroatoms. The Kier molecular flexibility index (Phi) is 4.17. The van der Waals surface area contributed by atoms with Gasteiger partial charge in [-0.3, -0.25) is 0 Å². The Morgan fingerprint density at radius 2 is 2.05 bits per heavy atom. The third kappa shape index (κ3) is 3.10. The van der Waals surface area contributed by atoms with E-state index in [0.29, 0.717) is 6.04 Å². The number of H-pyrrole nitrogens is 1. The molecule has 3 nitrogen and oxygen atoms in total. The van der Waals surface area contributed by atoms with E-state index in [1.165, 1.54) is 31.4 Å². The van der Waals surface area contributed by atoms with Crippen LogP contribution in [-0.2, 0) is 6.42 Å². The van der Waals surface area contributed by atoms with Gasteiger partial charge in [-0.15, -0.1) is 0 Å². The summed E-state index contributed by atoms with van der Waals surface area (Å²) in [6.07, 6.45) is 4.65.